The average Bonchev–Trinajstić information content (AvgIpc) is 3.11. The van der Waals surface area contributed by atoms with Gasteiger partial charge in [-0.25, -0.2) is 17.2 Å². The normalized spacial score (nSPS) is 12.8. The Hall–Kier alpha value is -2.33. The summed E-state index contributed by atoms with van der Waals surface area (Å²) in [5.41, 5.74) is -0.00695. The van der Waals surface area contributed by atoms with Crippen molar-refractivity contribution in [1.29, 1.82) is 0 Å². The molecule has 1 heterocycles. The van der Waals surface area contributed by atoms with Crippen molar-refractivity contribution in [3.05, 3.63) is 41.6 Å². The number of anilines is 1. The Morgan fingerprint density at radius 1 is 1.24 bits per heavy atom. The van der Waals surface area contributed by atoms with E-state index in [2.05, 4.69) is 10.5 Å². The first-order valence-electron chi connectivity index (χ1n) is 8.89. The van der Waals surface area contributed by atoms with Crippen molar-refractivity contribution in [2.45, 2.75) is 49.7 Å². The van der Waals surface area contributed by atoms with Crippen LogP contribution in [0.25, 0.3) is 0 Å². The van der Waals surface area contributed by atoms with Crippen LogP contribution in [0.4, 0.5) is 14.7 Å². The maximum absolute atomic E-state index is 14.0. The molecular weight excluding hydrogens is 406 g/mol. The van der Waals surface area contributed by atoms with Crippen LogP contribution in [-0.4, -0.2) is 37.4 Å². The van der Waals surface area contributed by atoms with E-state index in [0.717, 1.165) is 32.0 Å². The Morgan fingerprint density at radius 2 is 1.90 bits per heavy atom. The second-order valence-electron chi connectivity index (χ2n) is 7.62. The molecule has 1 aromatic carbocycles. The van der Waals surface area contributed by atoms with Gasteiger partial charge in [0.2, 0.25) is 11.8 Å². The quantitative estimate of drug-likeness (QED) is 0.689. The fourth-order valence-corrected chi connectivity index (χ4v) is 3.87. The van der Waals surface area contributed by atoms with Gasteiger partial charge in [-0.2, -0.15) is 0 Å². The van der Waals surface area contributed by atoms with Gasteiger partial charge in [-0.1, -0.05) is 25.1 Å². The molecule has 0 saturated carbocycles. The monoisotopic (exact) mass is 430 g/mol. The zero-order valence-electron chi connectivity index (χ0n) is 16.9. The molecule has 1 amide bonds. The van der Waals surface area contributed by atoms with Crippen LogP contribution in [0.2, 0.25) is 0 Å². The number of amides is 1. The standard InChI is InChI=1S/C19H24F2N2O5S/c1-6-27-11-18(2,3)14-10-15(28-23-14)22-17(24)19(4,5)29(25,26)13-9-7-8-12(20)16(13)21/h7-10H,6,11H2,1-5H3,(H,22,24). The maximum atomic E-state index is 14.0. The molecule has 0 fully saturated rings. The van der Waals surface area contributed by atoms with E-state index in [9.17, 15) is 22.0 Å². The zero-order chi connectivity index (χ0) is 22.0. The van der Waals surface area contributed by atoms with Gasteiger partial charge in [0, 0.05) is 18.1 Å². The Morgan fingerprint density at radius 3 is 2.52 bits per heavy atom. The van der Waals surface area contributed by atoms with Gasteiger partial charge < -0.3 is 9.26 Å². The summed E-state index contributed by atoms with van der Waals surface area (Å²) in [5, 5.41) is 6.23. The molecule has 160 valence electrons. The van der Waals surface area contributed by atoms with Crippen LogP contribution in [0.3, 0.4) is 0 Å². The van der Waals surface area contributed by atoms with E-state index in [4.69, 9.17) is 9.26 Å². The molecule has 0 radical (unpaired) electrons. The molecule has 1 N–H and O–H groups in total. The van der Waals surface area contributed by atoms with E-state index in [-0.39, 0.29) is 5.88 Å². The number of ether oxygens (including phenoxy) is 1. The Labute approximate surface area is 168 Å². The van der Waals surface area contributed by atoms with Gasteiger partial charge in [-0.05, 0) is 32.9 Å². The summed E-state index contributed by atoms with van der Waals surface area (Å²) in [6.45, 7) is 8.67. The number of carbonyl (C=O) groups is 1. The van der Waals surface area contributed by atoms with Crippen molar-refractivity contribution in [1.82, 2.24) is 5.16 Å². The molecule has 7 nitrogen and oxygen atoms in total. The average molecular weight is 430 g/mol. The number of nitrogens with one attached hydrogen (secondary N) is 1. The molecule has 0 atom stereocenters. The molecule has 0 aliphatic carbocycles. The molecule has 29 heavy (non-hydrogen) atoms. The van der Waals surface area contributed by atoms with E-state index in [1.807, 2.05) is 20.8 Å². The molecule has 0 spiro atoms. The zero-order valence-corrected chi connectivity index (χ0v) is 17.7. The summed E-state index contributed by atoms with van der Waals surface area (Å²) in [6, 6.07) is 4.22. The minimum atomic E-state index is -4.55. The summed E-state index contributed by atoms with van der Waals surface area (Å²) in [7, 11) is -4.55. The highest BCUT2D eigenvalue weighted by molar-refractivity contribution is 7.93. The van der Waals surface area contributed by atoms with Crippen LogP contribution in [0.15, 0.2) is 33.7 Å². The van der Waals surface area contributed by atoms with Crippen molar-refractivity contribution < 1.29 is 31.3 Å². The van der Waals surface area contributed by atoms with Gasteiger partial charge in [-0.3, -0.25) is 10.1 Å². The Kier molecular flexibility index (Phi) is 6.48. The van der Waals surface area contributed by atoms with Gasteiger partial charge in [-0.15, -0.1) is 0 Å². The van der Waals surface area contributed by atoms with E-state index in [1.165, 1.54) is 6.07 Å². The lowest BCUT2D eigenvalue weighted by Gasteiger charge is -2.23. The van der Waals surface area contributed by atoms with Crippen LogP contribution in [0, 0.1) is 11.6 Å². The number of benzene rings is 1. The van der Waals surface area contributed by atoms with E-state index in [1.54, 1.807) is 0 Å². The summed E-state index contributed by atoms with van der Waals surface area (Å²) in [6.07, 6.45) is 0. The lowest BCUT2D eigenvalue weighted by atomic mass is 9.90. The number of halogens is 2. The maximum Gasteiger partial charge on any atom is 0.248 e. The largest absolute Gasteiger partial charge is 0.381 e. The molecule has 0 bridgehead atoms. The van der Waals surface area contributed by atoms with Crippen molar-refractivity contribution >= 4 is 21.6 Å². The third-order valence-electron chi connectivity index (χ3n) is 4.53. The molecule has 0 aliphatic heterocycles. The van der Waals surface area contributed by atoms with Crippen molar-refractivity contribution in [3.63, 3.8) is 0 Å². The third-order valence-corrected chi connectivity index (χ3v) is 6.96. The van der Waals surface area contributed by atoms with Crippen molar-refractivity contribution in [2.24, 2.45) is 0 Å². The highest BCUT2D eigenvalue weighted by Gasteiger charge is 2.45. The number of carbonyl (C=O) groups excluding carboxylic acids is 1. The predicted octanol–water partition coefficient (Wildman–Crippen LogP) is 3.46. The van der Waals surface area contributed by atoms with Crippen molar-refractivity contribution in [3.8, 4) is 0 Å². The number of rotatable bonds is 8. The molecule has 0 aliphatic rings. The molecule has 0 saturated heterocycles. The SMILES string of the molecule is CCOCC(C)(C)c1cc(NC(=O)C(C)(C)S(=O)(=O)c2cccc(F)c2F)on1. The fraction of sp³-hybridized carbons (Fsp3) is 0.474. The van der Waals surface area contributed by atoms with Crippen LogP contribution in [0.1, 0.15) is 40.3 Å². The van der Waals surface area contributed by atoms with Gasteiger partial charge in [0.05, 0.1) is 12.3 Å². The Bertz CT molecular complexity index is 1000. The molecule has 2 aromatic rings. The van der Waals surface area contributed by atoms with Crippen LogP contribution >= 0.6 is 0 Å². The molecule has 0 unspecified atom stereocenters. The van der Waals surface area contributed by atoms with Gasteiger partial charge in [0.1, 0.15) is 9.64 Å². The fourth-order valence-electron chi connectivity index (χ4n) is 2.44. The lowest BCUT2D eigenvalue weighted by Crippen LogP contribution is -2.44. The summed E-state index contributed by atoms with van der Waals surface area (Å²) < 4.78 is 61.5. The highest BCUT2D eigenvalue weighted by Crippen LogP contribution is 2.30. The number of sulfone groups is 1. The first kappa shape index (κ1) is 23.0. The molecule has 10 heteroatoms. The molecular formula is C19H24F2N2O5S. The minimum absolute atomic E-state index is 0.0717. The number of nitrogens with zero attached hydrogens (tertiary/aromatic N) is 1. The smallest absolute Gasteiger partial charge is 0.248 e. The van der Waals surface area contributed by atoms with E-state index >= 15 is 0 Å². The second kappa shape index (κ2) is 8.19. The summed E-state index contributed by atoms with van der Waals surface area (Å²) in [4.78, 5) is 11.8. The van der Waals surface area contributed by atoms with Crippen LogP contribution in [-0.2, 0) is 24.8 Å². The van der Waals surface area contributed by atoms with Crippen molar-refractivity contribution in [2.75, 3.05) is 18.5 Å². The Balaban J connectivity index is 2.27. The van der Waals surface area contributed by atoms with Gasteiger partial charge in [0.25, 0.3) is 0 Å². The predicted molar refractivity (Wildman–Crippen MR) is 102 cm³/mol. The summed E-state index contributed by atoms with van der Waals surface area (Å²) >= 11 is 0. The van der Waals surface area contributed by atoms with Crippen LogP contribution < -0.4 is 5.32 Å². The second-order valence-corrected chi connectivity index (χ2v) is 10.1. The van der Waals surface area contributed by atoms with Gasteiger partial charge >= 0.3 is 0 Å². The number of aromatic nitrogens is 1. The van der Waals surface area contributed by atoms with E-state index < -0.39 is 42.4 Å². The molecule has 1 aromatic heterocycles. The number of hydrogen-bond donors (Lipinski definition) is 1. The first-order chi connectivity index (χ1) is 13.3. The van der Waals surface area contributed by atoms with Gasteiger partial charge in [0.15, 0.2) is 21.5 Å². The minimum Gasteiger partial charge on any atom is -0.381 e. The number of hydrogen-bond acceptors (Lipinski definition) is 6. The van der Waals surface area contributed by atoms with E-state index in [0.29, 0.717) is 18.9 Å². The first-order valence-corrected chi connectivity index (χ1v) is 10.4. The summed E-state index contributed by atoms with van der Waals surface area (Å²) in [5.74, 6) is -3.91. The highest BCUT2D eigenvalue weighted by atomic mass is 32.2. The van der Waals surface area contributed by atoms with Crippen LogP contribution in [0.5, 0.6) is 0 Å². The lowest BCUT2D eigenvalue weighted by molar-refractivity contribution is -0.118. The molecule has 2 rings (SSSR count). The third kappa shape index (κ3) is 4.48. The topological polar surface area (TPSA) is 98.5 Å².